The predicted molar refractivity (Wildman–Crippen MR) is 79.1 cm³/mol. The fourth-order valence-corrected chi connectivity index (χ4v) is 2.81. The molecule has 1 aromatic heterocycles. The van der Waals surface area contributed by atoms with Gasteiger partial charge in [0.05, 0.1) is 0 Å². The minimum absolute atomic E-state index is 0.660. The third-order valence-electron chi connectivity index (χ3n) is 4.07. The van der Waals surface area contributed by atoms with Crippen LogP contribution >= 0.6 is 0 Å². The standard InChI is InChI=1S/C16H21N3/c1-19-9-6-15(7-10-19)18-12-14-4-2-3-13-11-17-8-5-16(13)14/h2-5,8,11,15,18H,6-7,9-10,12H2,1H3. The average Bonchev–Trinajstić information content (AvgIpc) is 2.47. The number of piperidine rings is 1. The summed E-state index contributed by atoms with van der Waals surface area (Å²) in [6.07, 6.45) is 6.32. The summed E-state index contributed by atoms with van der Waals surface area (Å²) in [5.74, 6) is 0. The highest BCUT2D eigenvalue weighted by molar-refractivity contribution is 5.84. The van der Waals surface area contributed by atoms with Crippen LogP contribution < -0.4 is 5.32 Å². The van der Waals surface area contributed by atoms with Crippen LogP contribution in [0, 0.1) is 0 Å². The van der Waals surface area contributed by atoms with Crippen molar-refractivity contribution in [3.05, 3.63) is 42.2 Å². The summed E-state index contributed by atoms with van der Waals surface area (Å²) >= 11 is 0. The van der Waals surface area contributed by atoms with Crippen LogP contribution in [0.25, 0.3) is 10.8 Å². The highest BCUT2D eigenvalue weighted by Crippen LogP contribution is 2.18. The lowest BCUT2D eigenvalue weighted by atomic mass is 10.0. The van der Waals surface area contributed by atoms with Crippen molar-refractivity contribution < 1.29 is 0 Å². The van der Waals surface area contributed by atoms with Gasteiger partial charge in [-0.05, 0) is 50.0 Å². The lowest BCUT2D eigenvalue weighted by molar-refractivity contribution is 0.234. The number of benzene rings is 1. The fourth-order valence-electron chi connectivity index (χ4n) is 2.81. The number of pyridine rings is 1. The summed E-state index contributed by atoms with van der Waals surface area (Å²) in [6.45, 7) is 3.37. The zero-order chi connectivity index (χ0) is 13.1. The van der Waals surface area contributed by atoms with Gasteiger partial charge in [0, 0.05) is 30.4 Å². The zero-order valence-corrected chi connectivity index (χ0v) is 11.5. The fraction of sp³-hybridized carbons (Fsp3) is 0.438. The second-order valence-corrected chi connectivity index (χ2v) is 5.47. The van der Waals surface area contributed by atoms with Crippen molar-refractivity contribution in [3.8, 4) is 0 Å². The van der Waals surface area contributed by atoms with Gasteiger partial charge in [0.25, 0.3) is 0 Å². The molecule has 0 atom stereocenters. The Kier molecular flexibility index (Phi) is 3.76. The van der Waals surface area contributed by atoms with E-state index in [2.05, 4.69) is 46.5 Å². The molecule has 3 nitrogen and oxygen atoms in total. The molecule has 2 heterocycles. The highest BCUT2D eigenvalue weighted by atomic mass is 15.1. The van der Waals surface area contributed by atoms with E-state index >= 15 is 0 Å². The summed E-state index contributed by atoms with van der Waals surface area (Å²) in [6, 6.07) is 9.23. The van der Waals surface area contributed by atoms with Crippen LogP contribution in [0.5, 0.6) is 0 Å². The van der Waals surface area contributed by atoms with E-state index < -0.39 is 0 Å². The van der Waals surface area contributed by atoms with Crippen molar-refractivity contribution in [2.24, 2.45) is 0 Å². The Morgan fingerprint density at radius 3 is 2.95 bits per heavy atom. The molecule has 1 saturated heterocycles. The van der Waals surface area contributed by atoms with Crippen LogP contribution in [0.1, 0.15) is 18.4 Å². The monoisotopic (exact) mass is 255 g/mol. The summed E-state index contributed by atoms with van der Waals surface area (Å²) in [5, 5.41) is 6.25. The van der Waals surface area contributed by atoms with Crippen LogP contribution in [0.4, 0.5) is 0 Å². The van der Waals surface area contributed by atoms with Gasteiger partial charge < -0.3 is 10.2 Å². The first kappa shape index (κ1) is 12.6. The van der Waals surface area contributed by atoms with Crippen molar-refractivity contribution in [2.75, 3.05) is 20.1 Å². The van der Waals surface area contributed by atoms with Gasteiger partial charge in [0.15, 0.2) is 0 Å². The van der Waals surface area contributed by atoms with E-state index in [0.29, 0.717) is 6.04 Å². The second-order valence-electron chi connectivity index (χ2n) is 5.47. The molecule has 100 valence electrons. The summed E-state index contributed by atoms with van der Waals surface area (Å²) in [5.41, 5.74) is 1.37. The Bertz CT molecular complexity index is 539. The van der Waals surface area contributed by atoms with E-state index in [1.807, 2.05) is 12.4 Å². The lowest BCUT2D eigenvalue weighted by Crippen LogP contribution is -2.40. The molecular formula is C16H21N3. The lowest BCUT2D eigenvalue weighted by Gasteiger charge is -2.29. The molecule has 1 aliphatic rings. The molecule has 1 aromatic carbocycles. The Balaban J connectivity index is 1.68. The number of aromatic nitrogens is 1. The maximum atomic E-state index is 4.19. The van der Waals surface area contributed by atoms with E-state index in [4.69, 9.17) is 0 Å². The van der Waals surface area contributed by atoms with Crippen LogP contribution in [0.3, 0.4) is 0 Å². The van der Waals surface area contributed by atoms with Gasteiger partial charge in [0.2, 0.25) is 0 Å². The number of fused-ring (bicyclic) bond motifs is 1. The summed E-state index contributed by atoms with van der Waals surface area (Å²) < 4.78 is 0. The number of nitrogens with zero attached hydrogens (tertiary/aromatic N) is 2. The van der Waals surface area contributed by atoms with Gasteiger partial charge in [-0.1, -0.05) is 18.2 Å². The Morgan fingerprint density at radius 1 is 1.26 bits per heavy atom. The molecule has 0 aliphatic carbocycles. The molecule has 1 aliphatic heterocycles. The maximum Gasteiger partial charge on any atom is 0.0346 e. The maximum absolute atomic E-state index is 4.19. The van der Waals surface area contributed by atoms with Gasteiger partial charge >= 0.3 is 0 Å². The number of rotatable bonds is 3. The van der Waals surface area contributed by atoms with E-state index in [1.54, 1.807) is 0 Å². The Labute approximate surface area is 114 Å². The average molecular weight is 255 g/mol. The molecule has 0 spiro atoms. The van der Waals surface area contributed by atoms with Gasteiger partial charge in [-0.25, -0.2) is 0 Å². The Hall–Kier alpha value is -1.45. The van der Waals surface area contributed by atoms with E-state index in [-0.39, 0.29) is 0 Å². The van der Waals surface area contributed by atoms with E-state index in [0.717, 1.165) is 6.54 Å². The smallest absolute Gasteiger partial charge is 0.0346 e. The van der Waals surface area contributed by atoms with E-state index in [1.165, 1.54) is 42.3 Å². The molecular weight excluding hydrogens is 234 g/mol. The van der Waals surface area contributed by atoms with Gasteiger partial charge in [-0.2, -0.15) is 0 Å². The van der Waals surface area contributed by atoms with Crippen molar-refractivity contribution >= 4 is 10.8 Å². The van der Waals surface area contributed by atoms with Crippen LogP contribution in [0.2, 0.25) is 0 Å². The number of likely N-dealkylation sites (tertiary alicyclic amines) is 1. The van der Waals surface area contributed by atoms with Crippen LogP contribution in [-0.4, -0.2) is 36.1 Å². The molecule has 0 unspecified atom stereocenters. The minimum atomic E-state index is 0.660. The zero-order valence-electron chi connectivity index (χ0n) is 11.5. The second kappa shape index (κ2) is 5.68. The number of nitrogens with one attached hydrogen (secondary N) is 1. The molecule has 0 saturated carbocycles. The van der Waals surface area contributed by atoms with Crippen LogP contribution in [-0.2, 0) is 6.54 Å². The molecule has 3 rings (SSSR count). The number of hydrogen-bond donors (Lipinski definition) is 1. The van der Waals surface area contributed by atoms with Crippen LogP contribution in [0.15, 0.2) is 36.7 Å². The summed E-state index contributed by atoms with van der Waals surface area (Å²) in [4.78, 5) is 6.59. The molecule has 0 radical (unpaired) electrons. The first-order valence-corrected chi connectivity index (χ1v) is 7.06. The largest absolute Gasteiger partial charge is 0.310 e. The van der Waals surface area contributed by atoms with Gasteiger partial charge in [-0.3, -0.25) is 4.98 Å². The van der Waals surface area contributed by atoms with E-state index in [9.17, 15) is 0 Å². The van der Waals surface area contributed by atoms with Crippen molar-refractivity contribution in [1.82, 2.24) is 15.2 Å². The third kappa shape index (κ3) is 2.94. The SMILES string of the molecule is CN1CCC(NCc2cccc3cnccc23)CC1. The minimum Gasteiger partial charge on any atom is -0.310 e. The van der Waals surface area contributed by atoms with Crippen molar-refractivity contribution in [2.45, 2.75) is 25.4 Å². The molecule has 3 heteroatoms. The molecule has 0 amide bonds. The van der Waals surface area contributed by atoms with Gasteiger partial charge in [0.1, 0.15) is 0 Å². The predicted octanol–water partition coefficient (Wildman–Crippen LogP) is 2.42. The molecule has 1 N–H and O–H groups in total. The summed E-state index contributed by atoms with van der Waals surface area (Å²) in [7, 11) is 2.20. The Morgan fingerprint density at radius 2 is 2.11 bits per heavy atom. The van der Waals surface area contributed by atoms with Crippen molar-refractivity contribution in [1.29, 1.82) is 0 Å². The normalized spacial score (nSPS) is 17.9. The quantitative estimate of drug-likeness (QED) is 0.913. The number of hydrogen-bond acceptors (Lipinski definition) is 3. The first-order chi connectivity index (χ1) is 9.33. The first-order valence-electron chi connectivity index (χ1n) is 7.06. The highest BCUT2D eigenvalue weighted by Gasteiger charge is 2.15. The molecule has 19 heavy (non-hydrogen) atoms. The molecule has 0 bridgehead atoms. The molecule has 2 aromatic rings. The van der Waals surface area contributed by atoms with Crippen molar-refractivity contribution in [3.63, 3.8) is 0 Å². The topological polar surface area (TPSA) is 28.2 Å². The van der Waals surface area contributed by atoms with Gasteiger partial charge in [-0.15, -0.1) is 0 Å². The third-order valence-corrected chi connectivity index (χ3v) is 4.07. The molecule has 1 fully saturated rings.